The zero-order valence-electron chi connectivity index (χ0n) is 15.0. The first-order chi connectivity index (χ1) is 13.6. The number of nitrogens with one attached hydrogen (secondary N) is 1. The zero-order chi connectivity index (χ0) is 19.5. The number of hydrogen-bond donors (Lipinski definition) is 1. The molecule has 3 aromatic carbocycles. The molecule has 4 rings (SSSR count). The molecule has 1 amide bonds. The normalized spacial score (nSPS) is 17.2. The number of para-hydroxylation sites is 1. The SMILES string of the molecule is O=C1C(NS(=O)c2ccccc2)Cc2ccccc2N1Cc1cccc(Cl)c1. The number of carbonyl (C=O) groups excluding carboxylic acids is 1. The molecule has 4 nitrogen and oxygen atoms in total. The molecule has 1 N–H and O–H groups in total. The molecule has 0 saturated heterocycles. The van der Waals surface area contributed by atoms with E-state index in [0.29, 0.717) is 22.9 Å². The molecule has 1 heterocycles. The van der Waals surface area contributed by atoms with Crippen LogP contribution < -0.4 is 9.62 Å². The summed E-state index contributed by atoms with van der Waals surface area (Å²) in [6.07, 6.45) is 0.500. The van der Waals surface area contributed by atoms with E-state index in [1.807, 2.05) is 66.7 Å². The second kappa shape index (κ2) is 8.27. The summed E-state index contributed by atoms with van der Waals surface area (Å²) in [4.78, 5) is 15.6. The molecule has 2 unspecified atom stereocenters. The van der Waals surface area contributed by atoms with Gasteiger partial charge >= 0.3 is 0 Å². The van der Waals surface area contributed by atoms with Crippen LogP contribution in [0.5, 0.6) is 0 Å². The van der Waals surface area contributed by atoms with Gasteiger partial charge in [-0.3, -0.25) is 4.79 Å². The van der Waals surface area contributed by atoms with E-state index in [1.54, 1.807) is 17.0 Å². The highest BCUT2D eigenvalue weighted by Gasteiger charge is 2.33. The van der Waals surface area contributed by atoms with E-state index in [2.05, 4.69) is 4.72 Å². The summed E-state index contributed by atoms with van der Waals surface area (Å²) >= 11 is 6.11. The topological polar surface area (TPSA) is 49.4 Å². The first-order valence-electron chi connectivity index (χ1n) is 8.98. The molecular weight excluding hydrogens is 392 g/mol. The second-order valence-corrected chi connectivity index (χ2v) is 8.32. The molecule has 1 aliphatic rings. The van der Waals surface area contributed by atoms with E-state index in [-0.39, 0.29) is 5.91 Å². The summed E-state index contributed by atoms with van der Waals surface area (Å²) in [6, 6.07) is 23.9. The molecule has 0 aliphatic carbocycles. The quantitative estimate of drug-likeness (QED) is 0.688. The van der Waals surface area contributed by atoms with E-state index < -0.39 is 17.0 Å². The van der Waals surface area contributed by atoms with Crippen LogP contribution in [-0.4, -0.2) is 16.2 Å². The Balaban J connectivity index is 1.62. The van der Waals surface area contributed by atoms with Gasteiger partial charge in [0, 0.05) is 10.7 Å². The average Bonchev–Trinajstić information content (AvgIpc) is 2.72. The van der Waals surface area contributed by atoms with Crippen LogP contribution in [0.1, 0.15) is 11.1 Å². The lowest BCUT2D eigenvalue weighted by molar-refractivity contribution is -0.120. The van der Waals surface area contributed by atoms with E-state index in [0.717, 1.165) is 16.8 Å². The largest absolute Gasteiger partial charge is 0.306 e. The van der Waals surface area contributed by atoms with Gasteiger partial charge in [-0.15, -0.1) is 0 Å². The van der Waals surface area contributed by atoms with E-state index in [1.165, 1.54) is 0 Å². The molecule has 0 spiro atoms. The molecule has 6 heteroatoms. The van der Waals surface area contributed by atoms with E-state index in [9.17, 15) is 9.00 Å². The number of nitrogens with zero attached hydrogens (tertiary/aromatic N) is 1. The average molecular weight is 411 g/mol. The Hall–Kier alpha value is -2.47. The van der Waals surface area contributed by atoms with Crippen molar-refractivity contribution in [2.45, 2.75) is 23.9 Å². The molecular formula is C22H19ClN2O2S. The van der Waals surface area contributed by atoms with Crippen molar-refractivity contribution in [3.05, 3.63) is 95.0 Å². The molecule has 28 heavy (non-hydrogen) atoms. The highest BCUT2D eigenvalue weighted by Crippen LogP contribution is 2.30. The first kappa shape index (κ1) is 18.9. The standard InChI is InChI=1S/C22H19ClN2O2S/c23-18-9-6-7-16(13-18)15-25-21-12-5-4-8-17(21)14-20(22(25)26)24-28(27)19-10-2-1-3-11-19/h1-13,20,24H,14-15H2. The van der Waals surface area contributed by atoms with Crippen molar-refractivity contribution in [1.29, 1.82) is 0 Å². The summed E-state index contributed by atoms with van der Waals surface area (Å²) in [5.41, 5.74) is 2.88. The summed E-state index contributed by atoms with van der Waals surface area (Å²) in [5, 5.41) is 0.634. The fourth-order valence-corrected chi connectivity index (χ4v) is 4.57. The van der Waals surface area contributed by atoms with E-state index >= 15 is 0 Å². The summed E-state index contributed by atoms with van der Waals surface area (Å²) in [5.74, 6) is -0.0945. The van der Waals surface area contributed by atoms with Crippen molar-refractivity contribution in [2.75, 3.05) is 4.90 Å². The lowest BCUT2D eigenvalue weighted by Gasteiger charge is -2.34. The lowest BCUT2D eigenvalue weighted by Crippen LogP contribution is -2.51. The molecule has 0 radical (unpaired) electrons. The van der Waals surface area contributed by atoms with Crippen LogP contribution in [0.25, 0.3) is 0 Å². The van der Waals surface area contributed by atoms with Gasteiger partial charge in [0.15, 0.2) is 0 Å². The van der Waals surface area contributed by atoms with Crippen LogP contribution in [0.4, 0.5) is 5.69 Å². The maximum absolute atomic E-state index is 13.2. The van der Waals surface area contributed by atoms with Gasteiger partial charge in [-0.1, -0.05) is 60.1 Å². The minimum atomic E-state index is -1.46. The van der Waals surface area contributed by atoms with Crippen molar-refractivity contribution in [3.8, 4) is 0 Å². The van der Waals surface area contributed by atoms with Crippen molar-refractivity contribution in [2.24, 2.45) is 0 Å². The van der Waals surface area contributed by atoms with Gasteiger partial charge in [0.25, 0.3) is 0 Å². The van der Waals surface area contributed by atoms with Crippen LogP contribution in [0.15, 0.2) is 83.8 Å². The zero-order valence-corrected chi connectivity index (χ0v) is 16.6. The number of amides is 1. The van der Waals surface area contributed by atoms with Gasteiger partial charge in [0.05, 0.1) is 11.4 Å². The molecule has 3 aromatic rings. The van der Waals surface area contributed by atoms with Crippen molar-refractivity contribution in [3.63, 3.8) is 0 Å². The maximum atomic E-state index is 13.2. The number of hydrogen-bond acceptors (Lipinski definition) is 2. The maximum Gasteiger partial charge on any atom is 0.245 e. The second-order valence-electron chi connectivity index (χ2n) is 6.64. The Morgan fingerprint density at radius 1 is 1.00 bits per heavy atom. The monoisotopic (exact) mass is 410 g/mol. The number of fused-ring (bicyclic) bond motifs is 1. The van der Waals surface area contributed by atoms with Crippen molar-refractivity contribution < 1.29 is 9.00 Å². The number of carbonyl (C=O) groups is 1. The predicted octanol–water partition coefficient (Wildman–Crippen LogP) is 4.11. The van der Waals surface area contributed by atoms with Crippen molar-refractivity contribution in [1.82, 2.24) is 4.72 Å². The number of anilines is 1. The van der Waals surface area contributed by atoms with E-state index in [4.69, 9.17) is 11.6 Å². The Kier molecular flexibility index (Phi) is 5.57. The van der Waals surface area contributed by atoms with Crippen molar-refractivity contribution >= 4 is 34.2 Å². The molecule has 2 atom stereocenters. The van der Waals surface area contributed by atoms with Crippen LogP contribution in [0.3, 0.4) is 0 Å². The Labute approximate surface area is 171 Å². The highest BCUT2D eigenvalue weighted by molar-refractivity contribution is 7.83. The number of benzene rings is 3. The lowest BCUT2D eigenvalue weighted by atomic mass is 9.97. The summed E-state index contributed by atoms with van der Waals surface area (Å²) in [7, 11) is -1.46. The molecule has 0 aromatic heterocycles. The highest BCUT2D eigenvalue weighted by atomic mass is 35.5. The third-order valence-corrected chi connectivity index (χ3v) is 6.14. The Morgan fingerprint density at radius 2 is 1.75 bits per heavy atom. The first-order valence-corrected chi connectivity index (χ1v) is 10.5. The Morgan fingerprint density at radius 3 is 2.54 bits per heavy atom. The molecule has 0 fully saturated rings. The van der Waals surface area contributed by atoms with Gasteiger partial charge in [-0.05, 0) is 47.9 Å². The molecule has 0 saturated carbocycles. The number of rotatable bonds is 5. The minimum absolute atomic E-state index is 0.0945. The summed E-state index contributed by atoms with van der Waals surface area (Å²) in [6.45, 7) is 0.409. The van der Waals surface area contributed by atoms with Crippen LogP contribution in [0, 0.1) is 0 Å². The van der Waals surface area contributed by atoms with Gasteiger partial charge in [0.2, 0.25) is 5.91 Å². The van der Waals surface area contributed by atoms with Crippen LogP contribution >= 0.6 is 11.6 Å². The van der Waals surface area contributed by atoms with Gasteiger partial charge in [0.1, 0.15) is 17.0 Å². The predicted molar refractivity (Wildman–Crippen MR) is 113 cm³/mol. The number of halogens is 1. The molecule has 142 valence electrons. The third-order valence-electron chi connectivity index (χ3n) is 4.71. The summed E-state index contributed by atoms with van der Waals surface area (Å²) < 4.78 is 15.7. The molecule has 1 aliphatic heterocycles. The van der Waals surface area contributed by atoms with Gasteiger partial charge in [-0.2, -0.15) is 0 Å². The van der Waals surface area contributed by atoms with Crippen LogP contribution in [-0.2, 0) is 28.7 Å². The minimum Gasteiger partial charge on any atom is -0.306 e. The third kappa shape index (κ3) is 4.02. The fraction of sp³-hybridized carbons (Fsp3) is 0.136. The van der Waals surface area contributed by atoms with Crippen LogP contribution in [0.2, 0.25) is 5.02 Å². The smallest absolute Gasteiger partial charge is 0.245 e. The van der Waals surface area contributed by atoms with Gasteiger partial charge in [-0.25, -0.2) is 8.93 Å². The molecule has 0 bridgehead atoms. The Bertz CT molecular complexity index is 1030. The van der Waals surface area contributed by atoms with Gasteiger partial charge < -0.3 is 4.90 Å². The fourth-order valence-electron chi connectivity index (χ4n) is 3.38.